The van der Waals surface area contributed by atoms with E-state index < -0.39 is 24.1 Å². The molecule has 0 amide bonds. The normalized spacial score (nSPS) is 13.2. The van der Waals surface area contributed by atoms with E-state index in [1.165, 1.54) is 0 Å². The Balaban J connectivity index is 4.37. The number of hydrogen-bond donors (Lipinski definition) is 0. The zero-order valence-corrected chi connectivity index (χ0v) is 11.9. The summed E-state index contributed by atoms with van der Waals surface area (Å²) in [6, 6.07) is 0. The average Bonchev–Trinajstić information content (AvgIpc) is 2.41. The molecule has 108 valence electrons. The van der Waals surface area contributed by atoms with Crippen LogP contribution in [0.15, 0.2) is 25.3 Å². The number of esters is 2. The number of ether oxygens (including phenoxy) is 2. The number of unbranched alkanes of at least 4 members (excludes halogenated alkanes) is 3. The summed E-state index contributed by atoms with van der Waals surface area (Å²) in [5.41, 5.74) is 0. The van der Waals surface area contributed by atoms with Crippen LogP contribution in [0.3, 0.4) is 0 Å². The summed E-state index contributed by atoms with van der Waals surface area (Å²) >= 11 is 0. The van der Waals surface area contributed by atoms with Gasteiger partial charge in [-0.2, -0.15) is 0 Å². The van der Waals surface area contributed by atoms with Gasteiger partial charge in [0.15, 0.2) is 0 Å². The van der Waals surface area contributed by atoms with E-state index in [0.29, 0.717) is 6.42 Å². The van der Waals surface area contributed by atoms with Crippen molar-refractivity contribution in [2.45, 2.75) is 58.2 Å². The molecule has 0 aromatic carbocycles. The van der Waals surface area contributed by atoms with Crippen molar-refractivity contribution in [3.63, 3.8) is 0 Å². The zero-order valence-electron chi connectivity index (χ0n) is 11.9. The molecule has 4 nitrogen and oxygen atoms in total. The molecule has 0 saturated heterocycles. The Labute approximate surface area is 115 Å². The monoisotopic (exact) mass is 268 g/mol. The van der Waals surface area contributed by atoms with Crippen LogP contribution in [0.2, 0.25) is 0 Å². The minimum atomic E-state index is -0.513. The van der Waals surface area contributed by atoms with Crippen molar-refractivity contribution in [3.05, 3.63) is 25.3 Å². The highest BCUT2D eigenvalue weighted by molar-refractivity contribution is 5.82. The Bertz CT molecular complexity index is 309. The Hall–Kier alpha value is -1.58. The smallest absolute Gasteiger partial charge is 0.330 e. The molecule has 0 fully saturated rings. The van der Waals surface area contributed by atoms with Crippen molar-refractivity contribution in [2.75, 3.05) is 0 Å². The second-order valence-corrected chi connectivity index (χ2v) is 4.37. The van der Waals surface area contributed by atoms with Crippen LogP contribution < -0.4 is 0 Å². The fraction of sp³-hybridized carbons (Fsp3) is 0.600. The number of carbonyl (C=O) groups excluding carboxylic acids is 2. The summed E-state index contributed by atoms with van der Waals surface area (Å²) < 4.78 is 10.3. The van der Waals surface area contributed by atoms with Crippen LogP contribution >= 0.6 is 0 Å². The van der Waals surface area contributed by atoms with E-state index in [1.807, 2.05) is 0 Å². The largest absolute Gasteiger partial charge is 0.456 e. The van der Waals surface area contributed by atoms with Crippen molar-refractivity contribution in [2.24, 2.45) is 0 Å². The minimum absolute atomic E-state index is 0.439. The molecule has 19 heavy (non-hydrogen) atoms. The lowest BCUT2D eigenvalue weighted by Gasteiger charge is -2.23. The van der Waals surface area contributed by atoms with Gasteiger partial charge in [-0.25, -0.2) is 9.59 Å². The highest BCUT2D eigenvalue weighted by Gasteiger charge is 2.23. The quantitative estimate of drug-likeness (QED) is 0.347. The van der Waals surface area contributed by atoms with Gasteiger partial charge >= 0.3 is 11.9 Å². The maximum atomic E-state index is 11.3. The fourth-order valence-electron chi connectivity index (χ4n) is 1.67. The molecule has 0 aliphatic rings. The molecule has 0 saturated carbocycles. The standard InChI is InChI=1S/C15H24O4/c1-5-8-9-10-11-13(19-15(17)7-3)12(4)18-14(16)6-2/h6-7,12-13H,2-3,5,8-11H2,1,4H3. The predicted octanol–water partition coefficient (Wildman–Crippen LogP) is 3.17. The summed E-state index contributed by atoms with van der Waals surface area (Å²) in [5.74, 6) is -1.01. The summed E-state index contributed by atoms with van der Waals surface area (Å²) in [6.45, 7) is 10.5. The van der Waals surface area contributed by atoms with Gasteiger partial charge in [-0.05, 0) is 19.8 Å². The third-order valence-electron chi connectivity index (χ3n) is 2.77. The molecule has 0 rings (SSSR count). The van der Waals surface area contributed by atoms with E-state index >= 15 is 0 Å². The van der Waals surface area contributed by atoms with E-state index in [4.69, 9.17) is 9.47 Å². The molecular formula is C15H24O4. The van der Waals surface area contributed by atoms with Crippen molar-refractivity contribution in [1.29, 1.82) is 0 Å². The molecule has 2 unspecified atom stereocenters. The highest BCUT2D eigenvalue weighted by Crippen LogP contribution is 2.14. The van der Waals surface area contributed by atoms with Gasteiger partial charge < -0.3 is 9.47 Å². The zero-order chi connectivity index (χ0) is 14.7. The van der Waals surface area contributed by atoms with Gasteiger partial charge in [0.05, 0.1) is 0 Å². The van der Waals surface area contributed by atoms with Crippen LogP contribution in [0.5, 0.6) is 0 Å². The van der Waals surface area contributed by atoms with E-state index in [2.05, 4.69) is 20.1 Å². The van der Waals surface area contributed by atoms with Crippen LogP contribution in [-0.2, 0) is 19.1 Å². The third kappa shape index (κ3) is 8.19. The van der Waals surface area contributed by atoms with Gasteiger partial charge in [0.2, 0.25) is 0 Å². The number of hydrogen-bond acceptors (Lipinski definition) is 4. The second kappa shape index (κ2) is 10.4. The molecule has 0 aliphatic heterocycles. The molecule has 0 aromatic rings. The van der Waals surface area contributed by atoms with Gasteiger partial charge in [0.1, 0.15) is 12.2 Å². The Morgan fingerprint density at radius 3 is 2.16 bits per heavy atom. The van der Waals surface area contributed by atoms with Crippen molar-refractivity contribution < 1.29 is 19.1 Å². The molecule has 0 radical (unpaired) electrons. The summed E-state index contributed by atoms with van der Waals surface area (Å²) in [5, 5.41) is 0. The Kier molecular flexibility index (Phi) is 9.49. The highest BCUT2D eigenvalue weighted by atomic mass is 16.6. The summed E-state index contributed by atoms with van der Waals surface area (Å²) in [6.07, 6.45) is 6.23. The molecule has 0 N–H and O–H groups in total. The lowest BCUT2D eigenvalue weighted by atomic mass is 10.1. The average molecular weight is 268 g/mol. The fourth-order valence-corrected chi connectivity index (χ4v) is 1.67. The van der Waals surface area contributed by atoms with E-state index in [-0.39, 0.29) is 0 Å². The summed E-state index contributed by atoms with van der Waals surface area (Å²) in [7, 11) is 0. The first-order valence-corrected chi connectivity index (χ1v) is 6.71. The van der Waals surface area contributed by atoms with Crippen molar-refractivity contribution in [1.82, 2.24) is 0 Å². The second-order valence-electron chi connectivity index (χ2n) is 4.37. The van der Waals surface area contributed by atoms with Gasteiger partial charge in [-0.3, -0.25) is 0 Å². The molecule has 2 atom stereocenters. The molecule has 0 heterocycles. The molecule has 4 heteroatoms. The maximum Gasteiger partial charge on any atom is 0.330 e. The Morgan fingerprint density at radius 2 is 1.63 bits per heavy atom. The van der Waals surface area contributed by atoms with Crippen LogP contribution in [-0.4, -0.2) is 24.1 Å². The van der Waals surface area contributed by atoms with Crippen LogP contribution in [0.1, 0.15) is 46.0 Å². The van der Waals surface area contributed by atoms with E-state index in [9.17, 15) is 9.59 Å². The predicted molar refractivity (Wildman–Crippen MR) is 74.6 cm³/mol. The number of carbonyl (C=O) groups is 2. The molecule has 0 bridgehead atoms. The van der Waals surface area contributed by atoms with Gasteiger partial charge in [-0.1, -0.05) is 39.3 Å². The van der Waals surface area contributed by atoms with Crippen LogP contribution in [0, 0.1) is 0 Å². The van der Waals surface area contributed by atoms with Gasteiger partial charge in [-0.15, -0.1) is 0 Å². The van der Waals surface area contributed by atoms with Gasteiger partial charge in [0.25, 0.3) is 0 Å². The minimum Gasteiger partial charge on any atom is -0.456 e. The van der Waals surface area contributed by atoms with Crippen molar-refractivity contribution >= 4 is 11.9 Å². The van der Waals surface area contributed by atoms with Crippen LogP contribution in [0.25, 0.3) is 0 Å². The lowest BCUT2D eigenvalue weighted by molar-refractivity contribution is -0.160. The first kappa shape index (κ1) is 17.4. The third-order valence-corrected chi connectivity index (χ3v) is 2.77. The van der Waals surface area contributed by atoms with Gasteiger partial charge in [0, 0.05) is 12.2 Å². The van der Waals surface area contributed by atoms with Crippen molar-refractivity contribution in [3.8, 4) is 0 Å². The summed E-state index contributed by atoms with van der Waals surface area (Å²) in [4.78, 5) is 22.4. The van der Waals surface area contributed by atoms with Crippen LogP contribution in [0.4, 0.5) is 0 Å². The lowest BCUT2D eigenvalue weighted by Crippen LogP contribution is -2.32. The maximum absolute atomic E-state index is 11.3. The Morgan fingerprint density at radius 1 is 1.05 bits per heavy atom. The van der Waals surface area contributed by atoms with E-state index in [0.717, 1.165) is 37.8 Å². The first-order valence-electron chi connectivity index (χ1n) is 6.71. The molecule has 0 aromatic heterocycles. The van der Waals surface area contributed by atoms with E-state index in [1.54, 1.807) is 6.92 Å². The topological polar surface area (TPSA) is 52.6 Å². The molecule has 0 aliphatic carbocycles. The molecule has 0 spiro atoms. The number of rotatable bonds is 10. The molecular weight excluding hydrogens is 244 g/mol. The first-order chi connectivity index (χ1) is 9.04. The SMILES string of the molecule is C=CC(=O)OC(C)C(CCCCCC)OC(=O)C=C.